The molecule has 0 atom stereocenters. The summed E-state index contributed by atoms with van der Waals surface area (Å²) in [6.07, 6.45) is 11.4. The van der Waals surface area contributed by atoms with E-state index in [1.165, 1.54) is 43.4 Å². The number of carbonyl (C=O) groups excluding carboxylic acids is 1. The standard InChI is InChI=1S/C26H32O3/c1-4-5-6-7-8-21-9-11-22(12-10-21)13-16-25(27)24-15-14-23(19-26(24)28)29-18-17-20(2)3/h9-17,19,28H,4-8,18H2,1-3H3/b16-13+. The van der Waals surface area contributed by atoms with E-state index in [0.29, 0.717) is 12.4 Å². The molecule has 3 nitrogen and oxygen atoms in total. The molecule has 0 unspecified atom stereocenters. The Hall–Kier alpha value is -2.81. The van der Waals surface area contributed by atoms with Gasteiger partial charge >= 0.3 is 0 Å². The number of carbonyl (C=O) groups is 1. The van der Waals surface area contributed by atoms with E-state index in [-0.39, 0.29) is 17.1 Å². The second-order valence-corrected chi connectivity index (χ2v) is 7.52. The third-order valence-corrected chi connectivity index (χ3v) is 4.70. The lowest BCUT2D eigenvalue weighted by Crippen LogP contribution is -1.98. The maximum Gasteiger partial charge on any atom is 0.189 e. The fourth-order valence-corrected chi connectivity index (χ4v) is 2.93. The first-order chi connectivity index (χ1) is 14.0. The Morgan fingerprint density at radius 3 is 2.45 bits per heavy atom. The van der Waals surface area contributed by atoms with Crippen LogP contribution in [0.1, 0.15) is 67.9 Å². The molecule has 0 radical (unpaired) electrons. The molecule has 0 spiro atoms. The summed E-state index contributed by atoms with van der Waals surface area (Å²) in [5, 5.41) is 10.2. The molecule has 0 aliphatic heterocycles. The number of benzene rings is 2. The largest absolute Gasteiger partial charge is 0.507 e. The molecule has 154 valence electrons. The molecule has 0 fully saturated rings. The molecule has 0 aliphatic carbocycles. The minimum Gasteiger partial charge on any atom is -0.507 e. The number of phenols is 1. The van der Waals surface area contributed by atoms with Gasteiger partial charge in [-0.05, 0) is 62.1 Å². The van der Waals surface area contributed by atoms with Gasteiger partial charge in [-0.25, -0.2) is 0 Å². The third kappa shape index (κ3) is 7.98. The monoisotopic (exact) mass is 392 g/mol. The number of allylic oxidation sites excluding steroid dienone is 2. The summed E-state index contributed by atoms with van der Waals surface area (Å²) in [5.41, 5.74) is 3.72. The van der Waals surface area contributed by atoms with E-state index >= 15 is 0 Å². The summed E-state index contributed by atoms with van der Waals surface area (Å²) in [6, 6.07) is 13.1. The van der Waals surface area contributed by atoms with Crippen molar-refractivity contribution in [2.24, 2.45) is 0 Å². The Labute approximate surface area is 174 Å². The highest BCUT2D eigenvalue weighted by molar-refractivity contribution is 6.08. The molecule has 2 aromatic rings. The second kappa shape index (κ2) is 11.9. The molecule has 1 N–H and O–H groups in total. The molecule has 29 heavy (non-hydrogen) atoms. The van der Waals surface area contributed by atoms with E-state index in [0.717, 1.165) is 17.6 Å². The zero-order chi connectivity index (χ0) is 21.1. The van der Waals surface area contributed by atoms with Crippen molar-refractivity contribution in [2.45, 2.75) is 52.9 Å². The summed E-state index contributed by atoms with van der Waals surface area (Å²) in [6.45, 7) is 6.64. The van der Waals surface area contributed by atoms with Crippen LogP contribution in [0.25, 0.3) is 6.08 Å². The molecule has 0 aromatic heterocycles. The minimum atomic E-state index is -0.234. The first-order valence-electron chi connectivity index (χ1n) is 10.4. The van der Waals surface area contributed by atoms with E-state index < -0.39 is 0 Å². The number of unbranched alkanes of at least 4 members (excludes halogenated alkanes) is 3. The van der Waals surface area contributed by atoms with E-state index in [1.807, 2.05) is 32.1 Å². The number of aromatic hydroxyl groups is 1. The fourth-order valence-electron chi connectivity index (χ4n) is 2.93. The molecule has 0 aliphatic rings. The summed E-state index contributed by atoms with van der Waals surface area (Å²) in [5.74, 6) is 0.230. The van der Waals surface area contributed by atoms with Crippen LogP contribution < -0.4 is 4.74 Å². The zero-order valence-electron chi connectivity index (χ0n) is 17.8. The van der Waals surface area contributed by atoms with Crippen LogP contribution in [-0.2, 0) is 6.42 Å². The maximum atomic E-state index is 12.4. The number of rotatable bonds is 11. The highest BCUT2D eigenvalue weighted by Crippen LogP contribution is 2.24. The number of aryl methyl sites for hydroxylation is 1. The average molecular weight is 393 g/mol. The highest BCUT2D eigenvalue weighted by Gasteiger charge is 2.09. The van der Waals surface area contributed by atoms with Crippen molar-refractivity contribution < 1.29 is 14.6 Å². The number of ketones is 1. The lowest BCUT2D eigenvalue weighted by molar-refractivity contribution is 0.104. The van der Waals surface area contributed by atoms with Crippen molar-refractivity contribution >= 4 is 11.9 Å². The molecule has 0 saturated carbocycles. The SMILES string of the molecule is CCCCCCc1ccc(/C=C/C(=O)c2ccc(OCC=C(C)C)cc2O)cc1. The quantitative estimate of drug-likeness (QED) is 0.199. The van der Waals surface area contributed by atoms with Crippen LogP contribution in [0.4, 0.5) is 0 Å². The predicted molar refractivity (Wildman–Crippen MR) is 121 cm³/mol. The van der Waals surface area contributed by atoms with Crippen molar-refractivity contribution in [3.8, 4) is 11.5 Å². The fraction of sp³-hybridized carbons (Fsp3) is 0.346. The van der Waals surface area contributed by atoms with E-state index in [1.54, 1.807) is 18.2 Å². The average Bonchev–Trinajstić information content (AvgIpc) is 2.70. The lowest BCUT2D eigenvalue weighted by Gasteiger charge is -2.06. The molecule has 0 amide bonds. The van der Waals surface area contributed by atoms with E-state index in [4.69, 9.17) is 4.74 Å². The van der Waals surface area contributed by atoms with Crippen LogP contribution in [0.2, 0.25) is 0 Å². The summed E-state index contributed by atoms with van der Waals surface area (Å²) in [4.78, 5) is 12.4. The molecule has 0 heterocycles. The number of ether oxygens (including phenoxy) is 1. The number of hydrogen-bond acceptors (Lipinski definition) is 3. The molecule has 0 bridgehead atoms. The van der Waals surface area contributed by atoms with E-state index in [9.17, 15) is 9.90 Å². The smallest absolute Gasteiger partial charge is 0.189 e. The van der Waals surface area contributed by atoms with Crippen molar-refractivity contribution in [1.82, 2.24) is 0 Å². The van der Waals surface area contributed by atoms with Gasteiger partial charge in [0.15, 0.2) is 5.78 Å². The van der Waals surface area contributed by atoms with Crippen LogP contribution in [0.3, 0.4) is 0 Å². The molecule has 3 heteroatoms. The molecule has 2 rings (SSSR count). The van der Waals surface area contributed by atoms with Crippen LogP contribution in [0.5, 0.6) is 11.5 Å². The van der Waals surface area contributed by atoms with Gasteiger partial charge in [-0.1, -0.05) is 62.1 Å². The summed E-state index contributed by atoms with van der Waals surface area (Å²) < 4.78 is 5.55. The Morgan fingerprint density at radius 2 is 1.79 bits per heavy atom. The highest BCUT2D eigenvalue weighted by atomic mass is 16.5. The first kappa shape index (κ1) is 22.5. The van der Waals surface area contributed by atoms with Gasteiger partial charge in [-0.15, -0.1) is 0 Å². The van der Waals surface area contributed by atoms with Gasteiger partial charge in [-0.3, -0.25) is 4.79 Å². The maximum absolute atomic E-state index is 12.4. The van der Waals surface area contributed by atoms with Crippen molar-refractivity contribution in [2.75, 3.05) is 6.61 Å². The molecule has 2 aromatic carbocycles. The van der Waals surface area contributed by atoms with Gasteiger partial charge in [0.1, 0.15) is 18.1 Å². The van der Waals surface area contributed by atoms with Crippen LogP contribution in [0, 0.1) is 0 Å². The van der Waals surface area contributed by atoms with Gasteiger partial charge in [0.05, 0.1) is 5.56 Å². The van der Waals surface area contributed by atoms with Crippen molar-refractivity contribution in [3.05, 3.63) is 76.9 Å². The minimum absolute atomic E-state index is 0.0724. The van der Waals surface area contributed by atoms with Crippen molar-refractivity contribution in [1.29, 1.82) is 0 Å². The van der Waals surface area contributed by atoms with E-state index in [2.05, 4.69) is 19.1 Å². The number of phenolic OH excluding ortho intramolecular Hbond substituents is 1. The lowest BCUT2D eigenvalue weighted by atomic mass is 10.0. The van der Waals surface area contributed by atoms with Gasteiger partial charge in [0.2, 0.25) is 0 Å². The van der Waals surface area contributed by atoms with Gasteiger partial charge in [0.25, 0.3) is 0 Å². The van der Waals surface area contributed by atoms with Crippen LogP contribution in [0.15, 0.2) is 60.2 Å². The van der Waals surface area contributed by atoms with Gasteiger partial charge in [0, 0.05) is 6.07 Å². The zero-order valence-corrected chi connectivity index (χ0v) is 17.8. The predicted octanol–water partition coefficient (Wildman–Crippen LogP) is 6.76. The Bertz CT molecular complexity index is 841. The summed E-state index contributed by atoms with van der Waals surface area (Å²) >= 11 is 0. The molecular weight excluding hydrogens is 360 g/mol. The number of hydrogen-bond donors (Lipinski definition) is 1. The topological polar surface area (TPSA) is 46.5 Å². The Kier molecular flexibility index (Phi) is 9.23. The molecule has 0 saturated heterocycles. The van der Waals surface area contributed by atoms with Crippen LogP contribution in [-0.4, -0.2) is 17.5 Å². The third-order valence-electron chi connectivity index (χ3n) is 4.70. The second-order valence-electron chi connectivity index (χ2n) is 7.52. The Balaban J connectivity index is 1.93. The van der Waals surface area contributed by atoms with Gasteiger partial charge < -0.3 is 9.84 Å². The Morgan fingerprint density at radius 1 is 1.03 bits per heavy atom. The van der Waals surface area contributed by atoms with Crippen LogP contribution >= 0.6 is 0 Å². The van der Waals surface area contributed by atoms with Crippen molar-refractivity contribution in [3.63, 3.8) is 0 Å². The van der Waals surface area contributed by atoms with Gasteiger partial charge in [-0.2, -0.15) is 0 Å². The summed E-state index contributed by atoms with van der Waals surface area (Å²) in [7, 11) is 0. The first-order valence-corrected chi connectivity index (χ1v) is 10.4. The normalized spacial score (nSPS) is 10.9. The molecular formula is C26H32O3.